The molecule has 0 aromatic heterocycles. The van der Waals surface area contributed by atoms with Crippen LogP contribution in [0.15, 0.2) is 36.1 Å². The molecule has 2 heterocycles. The highest BCUT2D eigenvalue weighted by Crippen LogP contribution is 2.42. The number of ether oxygens (including phenoxy) is 3. The monoisotopic (exact) mass is 417 g/mol. The predicted octanol–water partition coefficient (Wildman–Crippen LogP) is 3.58. The fourth-order valence-corrected chi connectivity index (χ4v) is 3.57. The molecular formula is C22H24ClNO5. The summed E-state index contributed by atoms with van der Waals surface area (Å²) in [6.07, 6.45) is 1.72. The molecule has 2 aromatic rings. The van der Waals surface area contributed by atoms with Crippen molar-refractivity contribution < 1.29 is 24.1 Å². The second-order valence-corrected chi connectivity index (χ2v) is 7.00. The van der Waals surface area contributed by atoms with E-state index in [1.165, 1.54) is 0 Å². The topological polar surface area (TPSA) is 68.2 Å². The van der Waals surface area contributed by atoms with Gasteiger partial charge in [-0.25, -0.2) is 0 Å². The molecule has 0 bridgehead atoms. The van der Waals surface area contributed by atoms with E-state index in [9.17, 15) is 9.90 Å². The lowest BCUT2D eigenvalue weighted by Crippen LogP contribution is -2.35. The Kier molecular flexibility index (Phi) is 6.47. The van der Waals surface area contributed by atoms with E-state index in [2.05, 4.69) is 4.90 Å². The van der Waals surface area contributed by atoms with Gasteiger partial charge in [-0.15, -0.1) is 12.4 Å². The van der Waals surface area contributed by atoms with Crippen LogP contribution in [-0.4, -0.2) is 49.2 Å². The number of allylic oxidation sites excluding steroid dienone is 1. The van der Waals surface area contributed by atoms with Crippen LogP contribution in [0.5, 0.6) is 17.2 Å². The number of aromatic hydroxyl groups is 1. The Morgan fingerprint density at radius 2 is 1.90 bits per heavy atom. The highest BCUT2D eigenvalue weighted by atomic mass is 35.5. The standard InChI is InChI=1S/C22H23NO5.ClH/c1-14-11-18(24)17(13-23-7-9-27-10-8-23)22-20(14)21(25)19(28-22)12-15-3-5-16(26-2)6-4-15;/h3-6,11-12,24H,7-10,13H2,1-2H3;1H. The van der Waals surface area contributed by atoms with Crippen molar-refractivity contribution >= 4 is 24.3 Å². The van der Waals surface area contributed by atoms with Crippen LogP contribution in [0.4, 0.5) is 0 Å². The van der Waals surface area contributed by atoms with Crippen molar-refractivity contribution in [2.45, 2.75) is 13.5 Å². The van der Waals surface area contributed by atoms with E-state index in [-0.39, 0.29) is 29.7 Å². The highest BCUT2D eigenvalue weighted by molar-refractivity contribution is 6.15. The second kappa shape index (κ2) is 8.86. The maximum atomic E-state index is 13.0. The zero-order valence-electron chi connectivity index (χ0n) is 16.4. The average molecular weight is 418 g/mol. The van der Waals surface area contributed by atoms with Gasteiger partial charge in [0.2, 0.25) is 5.78 Å². The number of hydrogen-bond acceptors (Lipinski definition) is 6. The van der Waals surface area contributed by atoms with Crippen molar-refractivity contribution in [1.29, 1.82) is 0 Å². The van der Waals surface area contributed by atoms with Crippen molar-refractivity contribution in [2.75, 3.05) is 33.4 Å². The Morgan fingerprint density at radius 3 is 2.55 bits per heavy atom. The Balaban J connectivity index is 0.00000240. The summed E-state index contributed by atoms with van der Waals surface area (Å²) in [5, 5.41) is 10.5. The molecule has 154 valence electrons. The number of morpholine rings is 1. The molecule has 0 atom stereocenters. The van der Waals surface area contributed by atoms with Gasteiger partial charge >= 0.3 is 0 Å². The number of rotatable bonds is 4. The molecule has 2 aliphatic rings. The van der Waals surface area contributed by atoms with Crippen LogP contribution in [0.2, 0.25) is 0 Å². The minimum atomic E-state index is -0.161. The third-order valence-electron chi connectivity index (χ3n) is 5.12. The maximum Gasteiger partial charge on any atom is 0.232 e. The van der Waals surface area contributed by atoms with Gasteiger partial charge < -0.3 is 19.3 Å². The van der Waals surface area contributed by atoms with Gasteiger partial charge in [-0.2, -0.15) is 0 Å². The molecule has 0 radical (unpaired) electrons. The number of carbonyl (C=O) groups excluding carboxylic acids is 1. The van der Waals surface area contributed by atoms with Gasteiger partial charge in [0.05, 0.1) is 31.5 Å². The SMILES string of the molecule is COc1ccc(C=C2Oc3c(CN4CCOCC4)c(O)cc(C)c3C2=O)cc1.Cl. The third kappa shape index (κ3) is 4.24. The molecule has 2 aliphatic heterocycles. The number of carbonyl (C=O) groups is 1. The average Bonchev–Trinajstić information content (AvgIpc) is 3.03. The molecule has 0 aliphatic carbocycles. The molecule has 1 N–H and O–H groups in total. The first-order valence-corrected chi connectivity index (χ1v) is 9.30. The van der Waals surface area contributed by atoms with Gasteiger partial charge in [-0.1, -0.05) is 12.1 Å². The number of halogens is 1. The number of methoxy groups -OCH3 is 1. The van der Waals surface area contributed by atoms with Crippen LogP contribution in [0, 0.1) is 6.92 Å². The van der Waals surface area contributed by atoms with Crippen LogP contribution < -0.4 is 9.47 Å². The molecule has 1 saturated heterocycles. The first-order chi connectivity index (χ1) is 13.6. The molecule has 0 amide bonds. The normalized spacial score (nSPS) is 17.6. The van der Waals surface area contributed by atoms with Crippen molar-refractivity contribution in [3.8, 4) is 17.2 Å². The number of phenolic OH excluding ortho intramolecular Hbond substituents is 1. The Labute approximate surface area is 176 Å². The number of aryl methyl sites for hydroxylation is 1. The number of fused-ring (bicyclic) bond motifs is 1. The predicted molar refractivity (Wildman–Crippen MR) is 112 cm³/mol. The summed E-state index contributed by atoms with van der Waals surface area (Å²) in [6.45, 7) is 5.22. The Hall–Kier alpha value is -2.54. The molecule has 29 heavy (non-hydrogen) atoms. The highest BCUT2D eigenvalue weighted by Gasteiger charge is 2.33. The van der Waals surface area contributed by atoms with Gasteiger partial charge in [0.25, 0.3) is 0 Å². The molecule has 7 heteroatoms. The van der Waals surface area contributed by atoms with E-state index in [0.717, 1.165) is 24.4 Å². The van der Waals surface area contributed by atoms with Crippen LogP contribution >= 0.6 is 12.4 Å². The molecule has 0 unspecified atom stereocenters. The van der Waals surface area contributed by atoms with Crippen molar-refractivity contribution in [3.05, 3.63) is 58.3 Å². The molecular weight excluding hydrogens is 394 g/mol. The quantitative estimate of drug-likeness (QED) is 0.767. The fraction of sp³-hybridized carbons (Fsp3) is 0.318. The fourth-order valence-electron chi connectivity index (χ4n) is 3.57. The van der Waals surface area contributed by atoms with Crippen LogP contribution in [0.1, 0.15) is 27.0 Å². The van der Waals surface area contributed by atoms with E-state index in [1.54, 1.807) is 19.3 Å². The van der Waals surface area contributed by atoms with Crippen molar-refractivity contribution in [3.63, 3.8) is 0 Å². The van der Waals surface area contributed by atoms with Gasteiger partial charge in [0.1, 0.15) is 17.2 Å². The summed E-state index contributed by atoms with van der Waals surface area (Å²) in [5.74, 6) is 1.47. The van der Waals surface area contributed by atoms with E-state index in [1.807, 2.05) is 31.2 Å². The molecule has 0 spiro atoms. The third-order valence-corrected chi connectivity index (χ3v) is 5.12. The molecule has 0 saturated carbocycles. The zero-order chi connectivity index (χ0) is 19.7. The summed E-state index contributed by atoms with van der Waals surface area (Å²) in [5.41, 5.74) is 2.73. The molecule has 2 aromatic carbocycles. The van der Waals surface area contributed by atoms with E-state index in [0.29, 0.717) is 42.2 Å². The Bertz CT molecular complexity index is 933. The number of phenols is 1. The largest absolute Gasteiger partial charge is 0.507 e. The van der Waals surface area contributed by atoms with Gasteiger partial charge in [-0.05, 0) is 42.3 Å². The lowest BCUT2D eigenvalue weighted by molar-refractivity contribution is 0.0336. The van der Waals surface area contributed by atoms with E-state index < -0.39 is 0 Å². The number of benzene rings is 2. The van der Waals surface area contributed by atoms with Crippen molar-refractivity contribution in [1.82, 2.24) is 4.90 Å². The van der Waals surface area contributed by atoms with Gasteiger partial charge in [-0.3, -0.25) is 9.69 Å². The summed E-state index contributed by atoms with van der Waals surface area (Å²) in [6, 6.07) is 9.04. The molecule has 4 rings (SSSR count). The molecule has 1 fully saturated rings. The summed E-state index contributed by atoms with van der Waals surface area (Å²) >= 11 is 0. The van der Waals surface area contributed by atoms with E-state index >= 15 is 0 Å². The van der Waals surface area contributed by atoms with Crippen LogP contribution in [0.25, 0.3) is 6.08 Å². The smallest absolute Gasteiger partial charge is 0.232 e. The number of ketones is 1. The summed E-state index contributed by atoms with van der Waals surface area (Å²) < 4.78 is 16.5. The molecule has 6 nitrogen and oxygen atoms in total. The first-order valence-electron chi connectivity index (χ1n) is 9.30. The number of nitrogens with zero attached hydrogens (tertiary/aromatic N) is 1. The van der Waals surface area contributed by atoms with Gasteiger partial charge in [0.15, 0.2) is 5.76 Å². The van der Waals surface area contributed by atoms with Crippen molar-refractivity contribution in [2.24, 2.45) is 0 Å². The zero-order valence-corrected chi connectivity index (χ0v) is 17.3. The lowest BCUT2D eigenvalue weighted by atomic mass is 9.99. The minimum Gasteiger partial charge on any atom is -0.507 e. The second-order valence-electron chi connectivity index (χ2n) is 7.00. The summed E-state index contributed by atoms with van der Waals surface area (Å²) in [7, 11) is 1.61. The van der Waals surface area contributed by atoms with Crippen LogP contribution in [-0.2, 0) is 11.3 Å². The van der Waals surface area contributed by atoms with E-state index in [4.69, 9.17) is 14.2 Å². The maximum absolute atomic E-state index is 13.0. The number of Topliss-reactive ketones (excluding diaryl/α,β-unsaturated/α-hetero) is 1. The lowest BCUT2D eigenvalue weighted by Gasteiger charge is -2.27. The van der Waals surface area contributed by atoms with Gasteiger partial charge in [0, 0.05) is 19.6 Å². The number of hydrogen-bond donors (Lipinski definition) is 1. The Morgan fingerprint density at radius 1 is 1.21 bits per heavy atom. The minimum absolute atomic E-state index is 0. The van der Waals surface area contributed by atoms with Crippen LogP contribution in [0.3, 0.4) is 0 Å². The first kappa shape index (κ1) is 21.2. The summed E-state index contributed by atoms with van der Waals surface area (Å²) in [4.78, 5) is 15.2.